The molecule has 2 atom stereocenters. The van der Waals surface area contributed by atoms with Crippen LogP contribution in [0.3, 0.4) is 0 Å². The third kappa shape index (κ3) is 3.07. The van der Waals surface area contributed by atoms with Crippen LogP contribution in [0.25, 0.3) is 10.9 Å². The van der Waals surface area contributed by atoms with Crippen molar-refractivity contribution in [1.82, 2.24) is 9.97 Å². The first-order valence-electron chi connectivity index (χ1n) is 8.57. The van der Waals surface area contributed by atoms with Crippen molar-refractivity contribution in [3.05, 3.63) is 59.4 Å². The van der Waals surface area contributed by atoms with Crippen LogP contribution >= 0.6 is 0 Å². The maximum absolute atomic E-state index is 14.0. The van der Waals surface area contributed by atoms with Crippen LogP contribution in [0.4, 0.5) is 13.2 Å². The second kappa shape index (κ2) is 6.74. The van der Waals surface area contributed by atoms with Gasteiger partial charge >= 0.3 is 168 Å². The first kappa shape index (κ1) is 19.2. The van der Waals surface area contributed by atoms with Gasteiger partial charge in [0.1, 0.15) is 0 Å². The molecule has 4 nitrogen and oxygen atoms in total. The number of benzene rings is 1. The van der Waals surface area contributed by atoms with Gasteiger partial charge in [-0.15, -0.1) is 0 Å². The standard InChI is InChI=1S/C20H16AsF3N2O2/c1-11-13(8-14-15(21)4-3-5-16(14)26-11)18(19(10-28-19)20(22,23)24)12-6-7-17(27-2)25-9-12/h3-9,18H,10H2,1-2H3. The molecule has 2 unspecified atom stereocenters. The molecular formula is C20H16AsF3N2O2. The van der Waals surface area contributed by atoms with E-state index in [4.69, 9.17) is 9.47 Å². The molecule has 2 aromatic heterocycles. The molecule has 1 aliphatic heterocycles. The summed E-state index contributed by atoms with van der Waals surface area (Å²) in [6, 6.07) is 10.5. The number of hydrogen-bond acceptors (Lipinski definition) is 4. The number of nitrogens with zero attached hydrogens (tertiary/aromatic N) is 2. The topological polar surface area (TPSA) is 47.5 Å². The van der Waals surface area contributed by atoms with Crippen LogP contribution in [0, 0.1) is 6.92 Å². The quantitative estimate of drug-likeness (QED) is 0.455. The van der Waals surface area contributed by atoms with Crippen molar-refractivity contribution >= 4 is 32.1 Å². The van der Waals surface area contributed by atoms with Crippen LogP contribution in [0.2, 0.25) is 0 Å². The molecule has 28 heavy (non-hydrogen) atoms. The van der Waals surface area contributed by atoms with Crippen LogP contribution in [-0.2, 0) is 4.74 Å². The summed E-state index contributed by atoms with van der Waals surface area (Å²) in [5.74, 6) is -0.739. The molecule has 1 aromatic carbocycles. The molecule has 1 fully saturated rings. The summed E-state index contributed by atoms with van der Waals surface area (Å²) in [6.07, 6.45) is -3.11. The van der Waals surface area contributed by atoms with Gasteiger partial charge in [-0.05, 0) is 0 Å². The van der Waals surface area contributed by atoms with E-state index in [1.807, 2.05) is 18.2 Å². The number of alkyl halides is 3. The monoisotopic (exact) mass is 448 g/mol. The fraction of sp³-hybridized carbons (Fsp3) is 0.300. The molecule has 0 N–H and O–H groups in total. The summed E-state index contributed by atoms with van der Waals surface area (Å²) in [6.45, 7) is 1.33. The Bertz CT molecular complexity index is 1030. The van der Waals surface area contributed by atoms with E-state index >= 15 is 0 Å². The molecule has 0 amide bonds. The van der Waals surface area contributed by atoms with Gasteiger partial charge in [0.25, 0.3) is 0 Å². The Morgan fingerprint density at radius 1 is 1.25 bits per heavy atom. The van der Waals surface area contributed by atoms with Gasteiger partial charge in [0.2, 0.25) is 0 Å². The van der Waals surface area contributed by atoms with Gasteiger partial charge in [0.05, 0.1) is 0 Å². The minimum absolute atomic E-state index is 0.335. The summed E-state index contributed by atoms with van der Waals surface area (Å²) < 4.78 is 53.0. The van der Waals surface area contributed by atoms with Crippen molar-refractivity contribution in [2.45, 2.75) is 24.6 Å². The van der Waals surface area contributed by atoms with Crippen molar-refractivity contribution in [2.24, 2.45) is 0 Å². The summed E-state index contributed by atoms with van der Waals surface area (Å²) in [5, 5.41) is 0.799. The van der Waals surface area contributed by atoms with E-state index in [1.165, 1.54) is 13.3 Å². The van der Waals surface area contributed by atoms with E-state index in [9.17, 15) is 13.2 Å². The SMILES string of the molecule is COc1ccc(C(c2cc3c([As])cccc3nc2C)C2(C(F)(F)F)CO2)cn1. The third-order valence-corrected chi connectivity index (χ3v) is 5.90. The summed E-state index contributed by atoms with van der Waals surface area (Å²) >= 11 is 2.43. The van der Waals surface area contributed by atoms with Gasteiger partial charge in [0, 0.05) is 0 Å². The Morgan fingerprint density at radius 2 is 2.00 bits per heavy atom. The minimum atomic E-state index is -4.53. The van der Waals surface area contributed by atoms with Gasteiger partial charge in [-0.3, -0.25) is 0 Å². The molecule has 1 aliphatic rings. The zero-order valence-electron chi connectivity index (χ0n) is 15.1. The Morgan fingerprint density at radius 3 is 2.57 bits per heavy atom. The predicted molar refractivity (Wildman–Crippen MR) is 99.2 cm³/mol. The number of rotatable bonds is 4. The van der Waals surface area contributed by atoms with Crippen LogP contribution in [0.1, 0.15) is 22.7 Å². The summed E-state index contributed by atoms with van der Waals surface area (Å²) in [4.78, 5) is 8.67. The molecule has 0 aliphatic carbocycles. The molecule has 144 valence electrons. The predicted octanol–water partition coefficient (Wildman–Crippen LogP) is 3.20. The van der Waals surface area contributed by atoms with Crippen molar-refractivity contribution < 1.29 is 22.6 Å². The van der Waals surface area contributed by atoms with Gasteiger partial charge in [-0.2, -0.15) is 0 Å². The zero-order chi connectivity index (χ0) is 20.1. The third-order valence-electron chi connectivity index (χ3n) is 5.08. The average Bonchev–Trinajstić information content (AvgIpc) is 3.45. The van der Waals surface area contributed by atoms with Gasteiger partial charge in [-0.1, -0.05) is 0 Å². The Hall–Kier alpha value is -2.11. The number of aryl methyl sites for hydroxylation is 1. The van der Waals surface area contributed by atoms with E-state index in [2.05, 4.69) is 26.8 Å². The first-order chi connectivity index (χ1) is 13.3. The van der Waals surface area contributed by atoms with Crippen molar-refractivity contribution in [1.29, 1.82) is 0 Å². The number of ether oxygens (including phenoxy) is 2. The molecule has 0 spiro atoms. The molecule has 2 radical (unpaired) electrons. The Labute approximate surface area is 168 Å². The summed E-state index contributed by atoms with van der Waals surface area (Å²) in [7, 11) is 1.46. The van der Waals surface area contributed by atoms with E-state index in [0.717, 1.165) is 15.3 Å². The van der Waals surface area contributed by atoms with Gasteiger partial charge in [-0.25, -0.2) is 0 Å². The van der Waals surface area contributed by atoms with E-state index < -0.39 is 24.3 Å². The fourth-order valence-electron chi connectivity index (χ4n) is 3.54. The summed E-state index contributed by atoms with van der Waals surface area (Å²) in [5.41, 5.74) is -0.119. The molecule has 3 heterocycles. The number of pyridine rings is 2. The van der Waals surface area contributed by atoms with Crippen molar-refractivity contribution in [3.63, 3.8) is 0 Å². The van der Waals surface area contributed by atoms with Gasteiger partial charge < -0.3 is 0 Å². The number of halogens is 3. The number of hydrogen-bond donors (Lipinski definition) is 0. The van der Waals surface area contributed by atoms with Crippen LogP contribution in [0.5, 0.6) is 5.88 Å². The Kier molecular flexibility index (Phi) is 4.63. The second-order valence-electron chi connectivity index (χ2n) is 6.75. The van der Waals surface area contributed by atoms with Crippen LogP contribution in [0.15, 0.2) is 42.6 Å². The van der Waals surface area contributed by atoms with E-state index in [1.54, 1.807) is 25.1 Å². The van der Waals surface area contributed by atoms with Crippen LogP contribution in [-0.4, -0.2) is 52.3 Å². The first-order valence-corrected chi connectivity index (χ1v) is 9.50. The number of aromatic nitrogens is 2. The number of methoxy groups -OCH3 is 1. The molecule has 0 bridgehead atoms. The fourth-order valence-corrected chi connectivity index (χ4v) is 4.10. The van der Waals surface area contributed by atoms with Crippen molar-refractivity contribution in [2.75, 3.05) is 13.7 Å². The second-order valence-corrected chi connectivity index (χ2v) is 7.76. The molecule has 1 saturated heterocycles. The zero-order valence-corrected chi connectivity index (χ0v) is 17.0. The molecule has 0 saturated carbocycles. The van der Waals surface area contributed by atoms with Gasteiger partial charge in [0.15, 0.2) is 0 Å². The number of fused-ring (bicyclic) bond motifs is 1. The molecule has 3 aromatic rings. The van der Waals surface area contributed by atoms with E-state index in [-0.39, 0.29) is 0 Å². The normalized spacial score (nSPS) is 20.2. The van der Waals surface area contributed by atoms with E-state index in [0.29, 0.717) is 22.7 Å². The Balaban J connectivity index is 1.95. The average molecular weight is 448 g/mol. The molecular weight excluding hydrogens is 432 g/mol. The number of epoxide rings is 1. The van der Waals surface area contributed by atoms with Crippen molar-refractivity contribution in [3.8, 4) is 5.88 Å². The van der Waals surface area contributed by atoms with Crippen LogP contribution < -0.4 is 9.09 Å². The molecule has 8 heteroatoms. The maximum atomic E-state index is 14.0. The molecule has 4 rings (SSSR count).